The molecule has 0 radical (unpaired) electrons. The van der Waals surface area contributed by atoms with Crippen LogP contribution in [0, 0.1) is 11.3 Å². The van der Waals surface area contributed by atoms with Crippen LogP contribution >= 0.6 is 34.8 Å². The van der Waals surface area contributed by atoms with E-state index in [-0.39, 0.29) is 12.0 Å². The predicted molar refractivity (Wildman–Crippen MR) is 88.3 cm³/mol. The number of carbonyl (C=O) groups is 2. The summed E-state index contributed by atoms with van der Waals surface area (Å²) < 4.78 is 19.4. The second-order valence-corrected chi connectivity index (χ2v) is 7.68. The SMILES string of the molecule is CC[C@H]1O[C@@H](OC(=N)C(Cl)(Cl)Cl)[C@@H](OC(C)=O)[C@@H](OC(C)=O)[C@@H]1C. The highest BCUT2D eigenvalue weighted by Crippen LogP contribution is 2.35. The maximum atomic E-state index is 11.4. The molecular weight excluding hydrogens is 385 g/mol. The summed E-state index contributed by atoms with van der Waals surface area (Å²) in [4.78, 5) is 22.8. The first-order valence-electron chi connectivity index (χ1n) is 7.29. The van der Waals surface area contributed by atoms with Gasteiger partial charge in [0.05, 0.1) is 6.10 Å². The molecule has 1 saturated heterocycles. The van der Waals surface area contributed by atoms with Gasteiger partial charge in [-0.05, 0) is 6.42 Å². The summed E-state index contributed by atoms with van der Waals surface area (Å²) in [5, 5.41) is 7.68. The molecule has 5 atom stereocenters. The molecule has 0 aromatic rings. The highest BCUT2D eigenvalue weighted by molar-refractivity contribution is 6.76. The van der Waals surface area contributed by atoms with Crippen molar-refractivity contribution in [2.75, 3.05) is 0 Å². The van der Waals surface area contributed by atoms with E-state index >= 15 is 0 Å². The fraction of sp³-hybridized carbons (Fsp3) is 0.786. The Hall–Kier alpha value is -0.760. The predicted octanol–water partition coefficient (Wildman–Crippen LogP) is 2.98. The summed E-state index contributed by atoms with van der Waals surface area (Å²) in [6.45, 7) is 6.11. The van der Waals surface area contributed by atoms with Crippen LogP contribution < -0.4 is 0 Å². The molecule has 0 unspecified atom stereocenters. The molecule has 7 nitrogen and oxygen atoms in total. The van der Waals surface area contributed by atoms with E-state index in [1.165, 1.54) is 13.8 Å². The number of hydrogen-bond donors (Lipinski definition) is 1. The van der Waals surface area contributed by atoms with Gasteiger partial charge in [0.25, 0.3) is 3.79 Å². The smallest absolute Gasteiger partial charge is 0.303 e. The molecule has 1 aliphatic heterocycles. The third-order valence-corrected chi connectivity index (χ3v) is 4.02. The lowest BCUT2D eigenvalue weighted by molar-refractivity contribution is -0.270. The summed E-state index contributed by atoms with van der Waals surface area (Å²) in [5.74, 6) is -2.14. The second-order valence-electron chi connectivity index (χ2n) is 5.40. The van der Waals surface area contributed by atoms with E-state index in [1.54, 1.807) is 6.92 Å². The molecule has 1 aliphatic rings. The Bertz CT molecular complexity index is 495. The lowest BCUT2D eigenvalue weighted by Crippen LogP contribution is -2.58. The molecule has 138 valence electrons. The molecule has 0 saturated carbocycles. The molecule has 24 heavy (non-hydrogen) atoms. The number of alkyl halides is 3. The Morgan fingerprint density at radius 2 is 1.58 bits per heavy atom. The molecule has 1 heterocycles. The van der Waals surface area contributed by atoms with Gasteiger partial charge in [-0.25, -0.2) is 0 Å². The minimum atomic E-state index is -2.11. The lowest BCUT2D eigenvalue weighted by atomic mass is 9.89. The number of ether oxygens (including phenoxy) is 4. The fourth-order valence-electron chi connectivity index (χ4n) is 2.47. The number of esters is 2. The molecule has 1 N–H and O–H groups in total. The number of rotatable bonds is 4. The van der Waals surface area contributed by atoms with Gasteiger partial charge in [-0.1, -0.05) is 48.7 Å². The Balaban J connectivity index is 3.12. The zero-order valence-corrected chi connectivity index (χ0v) is 15.9. The monoisotopic (exact) mass is 403 g/mol. The molecule has 0 spiro atoms. The largest absolute Gasteiger partial charge is 0.458 e. The van der Waals surface area contributed by atoms with Crippen molar-refractivity contribution in [1.82, 2.24) is 0 Å². The Kier molecular flexibility index (Phi) is 7.59. The minimum absolute atomic E-state index is 0.273. The summed E-state index contributed by atoms with van der Waals surface area (Å²) in [6.07, 6.45) is -2.96. The van der Waals surface area contributed by atoms with Crippen LogP contribution in [0.25, 0.3) is 0 Å². The summed E-state index contributed by atoms with van der Waals surface area (Å²) in [5.41, 5.74) is 0. The van der Waals surface area contributed by atoms with Crippen molar-refractivity contribution in [1.29, 1.82) is 5.41 Å². The van der Waals surface area contributed by atoms with Gasteiger partial charge in [-0.3, -0.25) is 15.0 Å². The minimum Gasteiger partial charge on any atom is -0.458 e. The number of carbonyl (C=O) groups excluding carboxylic acids is 2. The van der Waals surface area contributed by atoms with E-state index in [0.717, 1.165) is 0 Å². The van der Waals surface area contributed by atoms with Gasteiger partial charge < -0.3 is 18.9 Å². The summed E-state index contributed by atoms with van der Waals surface area (Å²) >= 11 is 16.8. The zero-order valence-electron chi connectivity index (χ0n) is 13.7. The van der Waals surface area contributed by atoms with Crippen LogP contribution in [0.2, 0.25) is 0 Å². The number of hydrogen-bond acceptors (Lipinski definition) is 7. The molecule has 0 amide bonds. The maximum absolute atomic E-state index is 11.4. The van der Waals surface area contributed by atoms with Crippen molar-refractivity contribution in [2.24, 2.45) is 5.92 Å². The van der Waals surface area contributed by atoms with Crippen molar-refractivity contribution in [3.05, 3.63) is 0 Å². The standard InChI is InChI=1S/C14H20Cl3NO6/c1-5-9-6(2)10(21-7(3)19)11(22-8(4)20)12(23-9)24-13(18)14(15,16)17/h6,9-12,18H,5H2,1-4H3/t6-,9-,10+,11+,12+/m1/s1. The lowest BCUT2D eigenvalue weighted by Gasteiger charge is -2.44. The number of halogens is 3. The fourth-order valence-corrected chi connectivity index (χ4v) is 2.60. The van der Waals surface area contributed by atoms with E-state index in [0.29, 0.717) is 6.42 Å². The van der Waals surface area contributed by atoms with Crippen molar-refractivity contribution >= 4 is 52.6 Å². The van der Waals surface area contributed by atoms with E-state index in [4.69, 9.17) is 59.2 Å². The van der Waals surface area contributed by atoms with Gasteiger partial charge in [0.15, 0.2) is 0 Å². The van der Waals surface area contributed by atoms with Crippen LogP contribution in [-0.4, -0.2) is 46.2 Å². The Morgan fingerprint density at radius 1 is 1.08 bits per heavy atom. The van der Waals surface area contributed by atoms with Crippen LogP contribution in [0.3, 0.4) is 0 Å². The van der Waals surface area contributed by atoms with Crippen LogP contribution in [0.4, 0.5) is 0 Å². The van der Waals surface area contributed by atoms with Gasteiger partial charge >= 0.3 is 11.9 Å². The molecular formula is C14H20Cl3NO6. The van der Waals surface area contributed by atoms with E-state index < -0.39 is 40.1 Å². The highest BCUT2D eigenvalue weighted by atomic mass is 35.6. The third-order valence-electron chi connectivity index (χ3n) is 3.50. The van der Waals surface area contributed by atoms with Crippen LogP contribution in [0.1, 0.15) is 34.1 Å². The molecule has 1 rings (SSSR count). The second kappa shape index (κ2) is 8.56. The normalized spacial score (nSPS) is 30.4. The first-order chi connectivity index (χ1) is 11.0. The van der Waals surface area contributed by atoms with Gasteiger partial charge in [0, 0.05) is 19.8 Å². The maximum Gasteiger partial charge on any atom is 0.303 e. The quantitative estimate of drug-likeness (QED) is 0.335. The highest BCUT2D eigenvalue weighted by Gasteiger charge is 2.49. The molecule has 0 bridgehead atoms. The molecule has 0 aromatic carbocycles. The average molecular weight is 405 g/mol. The first-order valence-corrected chi connectivity index (χ1v) is 8.43. The zero-order chi connectivity index (χ0) is 18.7. The summed E-state index contributed by atoms with van der Waals surface area (Å²) in [7, 11) is 0. The van der Waals surface area contributed by atoms with Crippen molar-refractivity contribution in [3.8, 4) is 0 Å². The molecule has 0 aromatic heterocycles. The molecule has 0 aliphatic carbocycles. The van der Waals surface area contributed by atoms with E-state index in [1.807, 2.05) is 6.92 Å². The van der Waals surface area contributed by atoms with Crippen molar-refractivity contribution < 1.29 is 28.5 Å². The van der Waals surface area contributed by atoms with Crippen molar-refractivity contribution in [3.63, 3.8) is 0 Å². The molecule has 1 fully saturated rings. The van der Waals surface area contributed by atoms with Crippen LogP contribution in [0.15, 0.2) is 0 Å². The Labute approximate surface area is 155 Å². The average Bonchev–Trinajstić information content (AvgIpc) is 2.43. The van der Waals surface area contributed by atoms with Gasteiger partial charge in [0.2, 0.25) is 18.3 Å². The third kappa shape index (κ3) is 5.65. The van der Waals surface area contributed by atoms with Crippen LogP contribution in [0.5, 0.6) is 0 Å². The van der Waals surface area contributed by atoms with Gasteiger partial charge in [-0.2, -0.15) is 0 Å². The van der Waals surface area contributed by atoms with Gasteiger partial charge in [0.1, 0.15) is 6.10 Å². The summed E-state index contributed by atoms with van der Waals surface area (Å²) in [6, 6.07) is 0. The Morgan fingerprint density at radius 3 is 2.00 bits per heavy atom. The van der Waals surface area contributed by atoms with Gasteiger partial charge in [-0.15, -0.1) is 0 Å². The number of nitrogens with one attached hydrogen (secondary N) is 1. The van der Waals surface area contributed by atoms with Crippen LogP contribution in [-0.2, 0) is 28.5 Å². The first kappa shape index (κ1) is 21.3. The van der Waals surface area contributed by atoms with E-state index in [2.05, 4.69) is 0 Å². The molecule has 10 heteroatoms. The van der Waals surface area contributed by atoms with E-state index in [9.17, 15) is 9.59 Å². The topological polar surface area (TPSA) is 94.9 Å². The van der Waals surface area contributed by atoms with Crippen molar-refractivity contribution in [2.45, 2.75) is 62.5 Å².